The Labute approximate surface area is 218 Å². The number of piperazine rings is 1. The van der Waals surface area contributed by atoms with Crippen molar-refractivity contribution in [1.82, 2.24) is 19.7 Å². The molecule has 6 nitrogen and oxygen atoms in total. The van der Waals surface area contributed by atoms with E-state index >= 15 is 0 Å². The molecule has 2 aliphatic heterocycles. The molecule has 4 heterocycles. The number of hydrogen-bond acceptors (Lipinski definition) is 6. The Morgan fingerprint density at radius 1 is 0.944 bits per heavy atom. The average Bonchev–Trinajstić information content (AvgIpc) is 3.43. The summed E-state index contributed by atoms with van der Waals surface area (Å²) in [6, 6.07) is 14.8. The normalized spacial score (nSPS) is 19.3. The van der Waals surface area contributed by atoms with Crippen LogP contribution in [0.5, 0.6) is 5.75 Å². The summed E-state index contributed by atoms with van der Waals surface area (Å²) < 4.78 is 6.13. The van der Waals surface area contributed by atoms with Gasteiger partial charge in [-0.05, 0) is 64.6 Å². The van der Waals surface area contributed by atoms with Gasteiger partial charge < -0.3 is 9.64 Å². The number of pyridine rings is 1. The molecule has 0 unspecified atom stereocenters. The molecule has 190 valence electrons. The van der Waals surface area contributed by atoms with Crippen molar-refractivity contribution in [1.29, 1.82) is 0 Å². The van der Waals surface area contributed by atoms with Crippen LogP contribution in [0.3, 0.4) is 0 Å². The van der Waals surface area contributed by atoms with Crippen LogP contribution in [0.2, 0.25) is 0 Å². The molecular formula is C29H36N4O2S. The molecule has 2 aromatic heterocycles. The lowest BCUT2D eigenvalue weighted by molar-refractivity contribution is -0.132. The van der Waals surface area contributed by atoms with Gasteiger partial charge in [-0.15, -0.1) is 0 Å². The van der Waals surface area contributed by atoms with Crippen molar-refractivity contribution in [2.45, 2.75) is 32.4 Å². The van der Waals surface area contributed by atoms with Gasteiger partial charge in [-0.2, -0.15) is 11.3 Å². The molecule has 0 spiro atoms. The zero-order valence-electron chi connectivity index (χ0n) is 20.9. The Balaban J connectivity index is 1.02. The second kappa shape index (κ2) is 12.5. The molecule has 0 N–H and O–H groups in total. The van der Waals surface area contributed by atoms with E-state index in [2.05, 4.69) is 50.5 Å². The van der Waals surface area contributed by atoms with Gasteiger partial charge in [0.05, 0.1) is 13.0 Å². The number of hydrogen-bond donors (Lipinski definition) is 0. The zero-order chi connectivity index (χ0) is 24.6. The van der Waals surface area contributed by atoms with Crippen molar-refractivity contribution in [2.75, 3.05) is 45.9 Å². The van der Waals surface area contributed by atoms with Crippen molar-refractivity contribution in [3.8, 4) is 5.75 Å². The van der Waals surface area contributed by atoms with Gasteiger partial charge in [0.2, 0.25) is 5.91 Å². The molecule has 2 aliphatic rings. The van der Waals surface area contributed by atoms with E-state index < -0.39 is 0 Å². The van der Waals surface area contributed by atoms with Crippen LogP contribution in [-0.4, -0.2) is 71.5 Å². The SMILES string of the molecule is O=C(Cc1ccsc1)N1CCC[C@@H](COc2ccc(CN3CCN(Cc4cccnc4)CC3)cc2)C1. The van der Waals surface area contributed by atoms with Crippen LogP contribution in [0.4, 0.5) is 0 Å². The number of amides is 1. The summed E-state index contributed by atoms with van der Waals surface area (Å²) in [5, 5.41) is 4.10. The van der Waals surface area contributed by atoms with Crippen LogP contribution >= 0.6 is 11.3 Å². The Morgan fingerprint density at radius 2 is 1.72 bits per heavy atom. The summed E-state index contributed by atoms with van der Waals surface area (Å²) in [6.07, 6.45) is 6.48. The molecule has 1 aromatic carbocycles. The maximum absolute atomic E-state index is 12.7. The maximum atomic E-state index is 12.7. The van der Waals surface area contributed by atoms with Gasteiger partial charge in [0.15, 0.2) is 0 Å². The first-order valence-electron chi connectivity index (χ1n) is 13.1. The van der Waals surface area contributed by atoms with Gasteiger partial charge in [0.1, 0.15) is 5.75 Å². The third-order valence-corrected chi connectivity index (χ3v) is 7.95. The Kier molecular flexibility index (Phi) is 8.64. The van der Waals surface area contributed by atoms with Crippen molar-refractivity contribution in [3.63, 3.8) is 0 Å². The molecule has 0 saturated carbocycles. The Bertz CT molecular complexity index is 1070. The van der Waals surface area contributed by atoms with E-state index in [1.165, 1.54) is 11.1 Å². The number of carbonyl (C=O) groups excluding carboxylic acids is 1. The lowest BCUT2D eigenvalue weighted by Crippen LogP contribution is -2.45. The Hall–Kier alpha value is -2.74. The van der Waals surface area contributed by atoms with Gasteiger partial charge in [-0.1, -0.05) is 18.2 Å². The first-order valence-corrected chi connectivity index (χ1v) is 14.0. The topological polar surface area (TPSA) is 48.9 Å². The van der Waals surface area contributed by atoms with Gasteiger partial charge in [0, 0.05) is 70.7 Å². The van der Waals surface area contributed by atoms with Crippen LogP contribution in [-0.2, 0) is 24.3 Å². The van der Waals surface area contributed by atoms with Crippen molar-refractivity contribution in [2.24, 2.45) is 5.92 Å². The minimum absolute atomic E-state index is 0.236. The fraction of sp³-hybridized carbons (Fsp3) is 0.448. The highest BCUT2D eigenvalue weighted by Gasteiger charge is 2.24. The quantitative estimate of drug-likeness (QED) is 0.434. The predicted molar refractivity (Wildman–Crippen MR) is 144 cm³/mol. The van der Waals surface area contributed by atoms with Gasteiger partial charge in [0.25, 0.3) is 0 Å². The van der Waals surface area contributed by atoms with Crippen LogP contribution in [0, 0.1) is 5.92 Å². The van der Waals surface area contributed by atoms with Crippen molar-refractivity contribution < 1.29 is 9.53 Å². The van der Waals surface area contributed by atoms with E-state index in [4.69, 9.17) is 4.74 Å². The first kappa shape index (κ1) is 24.9. The molecule has 0 bridgehead atoms. The summed E-state index contributed by atoms with van der Waals surface area (Å²) in [7, 11) is 0. The lowest BCUT2D eigenvalue weighted by Gasteiger charge is -2.34. The molecule has 1 amide bonds. The van der Waals surface area contributed by atoms with Gasteiger partial charge in [-0.3, -0.25) is 19.6 Å². The van der Waals surface area contributed by atoms with Crippen LogP contribution in [0.15, 0.2) is 65.6 Å². The number of ether oxygens (including phenoxy) is 1. The number of likely N-dealkylation sites (tertiary alicyclic amines) is 1. The summed E-state index contributed by atoms with van der Waals surface area (Å²) in [4.78, 5) is 24.0. The van der Waals surface area contributed by atoms with E-state index in [-0.39, 0.29) is 5.91 Å². The molecule has 0 radical (unpaired) electrons. The summed E-state index contributed by atoms with van der Waals surface area (Å²) in [5.41, 5.74) is 3.73. The van der Waals surface area contributed by atoms with Crippen LogP contribution in [0.25, 0.3) is 0 Å². The fourth-order valence-electron chi connectivity index (χ4n) is 5.13. The highest BCUT2D eigenvalue weighted by molar-refractivity contribution is 7.08. The molecule has 3 aromatic rings. The maximum Gasteiger partial charge on any atom is 0.227 e. The third kappa shape index (κ3) is 7.15. The molecule has 0 aliphatic carbocycles. The smallest absolute Gasteiger partial charge is 0.227 e. The van der Waals surface area contributed by atoms with E-state index in [0.29, 0.717) is 18.9 Å². The van der Waals surface area contributed by atoms with Crippen LogP contribution < -0.4 is 4.74 Å². The average molecular weight is 505 g/mol. The second-order valence-electron chi connectivity index (χ2n) is 10.0. The number of benzene rings is 1. The highest BCUT2D eigenvalue weighted by Crippen LogP contribution is 2.21. The number of nitrogens with zero attached hydrogens (tertiary/aromatic N) is 4. The van der Waals surface area contributed by atoms with Gasteiger partial charge in [-0.25, -0.2) is 0 Å². The fourth-order valence-corrected chi connectivity index (χ4v) is 5.79. The van der Waals surface area contributed by atoms with Crippen LogP contribution in [0.1, 0.15) is 29.5 Å². The van der Waals surface area contributed by atoms with E-state index in [1.54, 1.807) is 11.3 Å². The summed E-state index contributed by atoms with van der Waals surface area (Å²) in [5.74, 6) is 1.55. The number of thiophene rings is 1. The third-order valence-electron chi connectivity index (χ3n) is 7.22. The molecular weight excluding hydrogens is 468 g/mol. The van der Waals surface area contributed by atoms with Crippen molar-refractivity contribution in [3.05, 3.63) is 82.3 Å². The van der Waals surface area contributed by atoms with Crippen molar-refractivity contribution >= 4 is 17.2 Å². The second-order valence-corrected chi connectivity index (χ2v) is 10.8. The summed E-state index contributed by atoms with van der Waals surface area (Å²) in [6.45, 7) is 8.64. The molecule has 7 heteroatoms. The molecule has 36 heavy (non-hydrogen) atoms. The number of rotatable bonds is 9. The minimum Gasteiger partial charge on any atom is -0.493 e. The number of aromatic nitrogens is 1. The largest absolute Gasteiger partial charge is 0.493 e. The zero-order valence-corrected chi connectivity index (χ0v) is 21.7. The monoisotopic (exact) mass is 504 g/mol. The van der Waals surface area contributed by atoms with E-state index in [1.807, 2.05) is 34.8 Å². The molecule has 1 atom stereocenters. The standard InChI is InChI=1S/C29H36N4O2S/c34-29(17-25-9-16-36-23-25)33-11-2-4-27(21-33)22-35-28-7-5-24(6-8-28)19-31-12-14-32(15-13-31)20-26-3-1-10-30-18-26/h1,3,5-10,16,18,23,27H,2,4,11-15,17,19-22H2/t27-/m1/s1. The highest BCUT2D eigenvalue weighted by atomic mass is 32.1. The van der Waals surface area contributed by atoms with E-state index in [9.17, 15) is 4.79 Å². The minimum atomic E-state index is 0.236. The first-order chi connectivity index (χ1) is 17.7. The Morgan fingerprint density at radius 3 is 2.42 bits per heavy atom. The predicted octanol–water partition coefficient (Wildman–Crippen LogP) is 4.32. The molecule has 2 fully saturated rings. The van der Waals surface area contributed by atoms with E-state index in [0.717, 1.165) is 76.5 Å². The summed E-state index contributed by atoms with van der Waals surface area (Å²) >= 11 is 1.65. The molecule has 5 rings (SSSR count). The lowest BCUT2D eigenvalue weighted by atomic mass is 9.98. The molecule has 2 saturated heterocycles. The van der Waals surface area contributed by atoms with Gasteiger partial charge >= 0.3 is 0 Å². The number of carbonyl (C=O) groups is 1. The number of piperidine rings is 1.